The van der Waals surface area contributed by atoms with Crippen LogP contribution in [0, 0.1) is 0 Å². The number of nitrogens with zero attached hydrogens (tertiary/aromatic N) is 3. The van der Waals surface area contributed by atoms with Gasteiger partial charge in [0.1, 0.15) is 0 Å². The van der Waals surface area contributed by atoms with Crippen LogP contribution in [0.4, 0.5) is 0 Å². The molecule has 1 aliphatic rings. The van der Waals surface area contributed by atoms with Crippen molar-refractivity contribution in [3.63, 3.8) is 0 Å². The number of aliphatic imine (C=N–C) groups is 1. The summed E-state index contributed by atoms with van der Waals surface area (Å²) < 4.78 is 0. The molecule has 117 valence electrons. The van der Waals surface area contributed by atoms with Gasteiger partial charge in [0.2, 0.25) is 0 Å². The molecule has 1 aromatic rings. The van der Waals surface area contributed by atoms with Crippen LogP contribution in [0.25, 0.3) is 5.32 Å². The Morgan fingerprint density at radius 1 is 1.33 bits per heavy atom. The molecule has 2 rings (SSSR count). The Labute approximate surface area is 138 Å². The normalized spacial score (nSPS) is 20.4. The first-order valence-electron chi connectivity index (χ1n) is 6.48. The minimum Gasteiger partial charge on any atom is -0.512 e. The summed E-state index contributed by atoms with van der Waals surface area (Å²) in [5.41, 5.74) is 0.874. The predicted molar refractivity (Wildman–Crippen MR) is 80.1 cm³/mol. The monoisotopic (exact) mass is 467 g/mol. The van der Waals surface area contributed by atoms with E-state index < -0.39 is 0 Å². The van der Waals surface area contributed by atoms with Crippen LogP contribution in [-0.4, -0.2) is 33.8 Å². The molecule has 0 fully saturated rings. The zero-order valence-electron chi connectivity index (χ0n) is 12.6. The molecule has 21 heavy (non-hydrogen) atoms. The van der Waals surface area contributed by atoms with Gasteiger partial charge in [-0.1, -0.05) is 19.9 Å². The Bertz CT molecular complexity index is 511. The molecule has 6 heteroatoms. The number of allylic oxidation sites excluding steroid dienone is 2. The van der Waals surface area contributed by atoms with E-state index >= 15 is 0 Å². The predicted octanol–water partition coefficient (Wildman–Crippen LogP) is 3.03. The summed E-state index contributed by atoms with van der Waals surface area (Å²) in [5.74, 6) is 0.730. The van der Waals surface area contributed by atoms with E-state index in [-0.39, 0.29) is 43.7 Å². The van der Waals surface area contributed by atoms with Crippen LogP contribution < -0.4 is 0 Å². The van der Waals surface area contributed by atoms with Gasteiger partial charge in [-0.3, -0.25) is 9.78 Å². The van der Waals surface area contributed by atoms with E-state index in [0.29, 0.717) is 0 Å². The van der Waals surface area contributed by atoms with Gasteiger partial charge in [-0.05, 0) is 43.9 Å². The van der Waals surface area contributed by atoms with Crippen molar-refractivity contribution < 1.29 is 30.0 Å². The minimum atomic E-state index is -0.125. The molecule has 2 heterocycles. The van der Waals surface area contributed by atoms with Crippen LogP contribution in [0.15, 0.2) is 41.2 Å². The summed E-state index contributed by atoms with van der Waals surface area (Å²) in [7, 11) is 0. The molecule has 0 bridgehead atoms. The summed E-state index contributed by atoms with van der Waals surface area (Å²) in [4.78, 5) is 18.7. The van der Waals surface area contributed by atoms with E-state index in [4.69, 9.17) is 5.11 Å². The molecular formula is C15H20IrN3O2-. The van der Waals surface area contributed by atoms with E-state index in [9.17, 15) is 4.79 Å². The van der Waals surface area contributed by atoms with Crippen LogP contribution in [0.5, 0.6) is 0 Å². The maximum Gasteiger partial charge on any atom is 0.155 e. The van der Waals surface area contributed by atoms with Crippen molar-refractivity contribution in [1.29, 1.82) is 0 Å². The molecule has 0 amide bonds. The number of aromatic nitrogens is 1. The Morgan fingerprint density at radius 2 is 2.00 bits per heavy atom. The maximum absolute atomic E-state index is 10.0. The van der Waals surface area contributed by atoms with Crippen LogP contribution in [0.1, 0.15) is 33.4 Å². The van der Waals surface area contributed by atoms with Crippen LogP contribution >= 0.6 is 0 Å². The Hall–Kier alpha value is -1.52. The van der Waals surface area contributed by atoms with Crippen LogP contribution in [0.3, 0.4) is 0 Å². The van der Waals surface area contributed by atoms with Gasteiger partial charge in [0.15, 0.2) is 5.78 Å². The zero-order valence-corrected chi connectivity index (χ0v) is 15.0. The van der Waals surface area contributed by atoms with Crippen molar-refractivity contribution in [2.45, 2.75) is 39.8 Å². The number of carbonyl (C=O) groups is 1. The first-order chi connectivity index (χ1) is 9.40. The summed E-state index contributed by atoms with van der Waals surface area (Å²) in [5, 5.41) is 12.8. The SMILES string of the molecule is CC(=O)/C=C(/C)O.CC1N=C(c2ccccn2)[N-]C1C.[Ir]. The standard InChI is InChI=1S/C10H12N3.C5H8O2.Ir/c1-7-8(2)13-10(12-7)9-5-3-4-6-11-9;1-4(6)3-5(2)7;/h3-8H,1-2H3;3,6H,1-2H3;/q-1;;/b;4-3-;. The molecule has 1 radical (unpaired) electrons. The molecule has 1 aliphatic heterocycles. The van der Waals surface area contributed by atoms with Gasteiger partial charge in [0.05, 0.1) is 11.5 Å². The average molecular weight is 467 g/mol. The molecule has 1 N–H and O–H groups in total. The van der Waals surface area contributed by atoms with Crippen molar-refractivity contribution in [1.82, 2.24) is 4.98 Å². The van der Waals surface area contributed by atoms with E-state index in [1.54, 1.807) is 6.20 Å². The molecule has 1 aromatic heterocycles. The van der Waals surface area contributed by atoms with Gasteiger partial charge in [-0.15, -0.1) is 0 Å². The van der Waals surface area contributed by atoms with Gasteiger partial charge < -0.3 is 15.4 Å². The number of rotatable bonds is 2. The topological polar surface area (TPSA) is 76.7 Å². The zero-order chi connectivity index (χ0) is 15.1. The third-order valence-electron chi connectivity index (χ3n) is 2.66. The van der Waals surface area contributed by atoms with Gasteiger partial charge >= 0.3 is 0 Å². The second-order valence-electron chi connectivity index (χ2n) is 4.67. The molecule has 5 nitrogen and oxygen atoms in total. The van der Waals surface area contributed by atoms with Crippen molar-refractivity contribution in [2.75, 3.05) is 0 Å². The summed E-state index contributed by atoms with van der Waals surface area (Å²) in [6, 6.07) is 6.36. The molecule has 0 saturated heterocycles. The summed E-state index contributed by atoms with van der Waals surface area (Å²) in [6.45, 7) is 7.00. The molecule has 2 atom stereocenters. The molecule has 0 spiro atoms. The second kappa shape index (κ2) is 9.42. The number of aliphatic hydroxyl groups is 1. The number of hydrogen-bond acceptors (Lipinski definition) is 4. The van der Waals surface area contributed by atoms with E-state index in [2.05, 4.69) is 29.1 Å². The largest absolute Gasteiger partial charge is 0.512 e. The van der Waals surface area contributed by atoms with Gasteiger partial charge in [0.25, 0.3) is 0 Å². The average Bonchev–Trinajstić information content (AvgIpc) is 2.70. The fraction of sp³-hybridized carbons (Fsp3) is 0.400. The third-order valence-corrected chi connectivity index (χ3v) is 2.66. The molecular weight excluding hydrogens is 446 g/mol. The summed E-state index contributed by atoms with van der Waals surface area (Å²) in [6.07, 6.45) is 2.93. The molecule has 0 aliphatic carbocycles. The fourth-order valence-electron chi connectivity index (χ4n) is 1.56. The van der Waals surface area contributed by atoms with E-state index in [1.165, 1.54) is 19.9 Å². The number of aliphatic hydroxyl groups excluding tert-OH is 1. The number of ketones is 1. The van der Waals surface area contributed by atoms with Gasteiger partial charge in [-0.25, -0.2) is 0 Å². The van der Waals surface area contributed by atoms with Crippen molar-refractivity contribution in [3.8, 4) is 0 Å². The van der Waals surface area contributed by atoms with Gasteiger partial charge in [-0.2, -0.15) is 0 Å². The van der Waals surface area contributed by atoms with Crippen LogP contribution in [-0.2, 0) is 24.9 Å². The number of amidine groups is 1. The smallest absolute Gasteiger partial charge is 0.155 e. The third kappa shape index (κ3) is 7.16. The Balaban J connectivity index is 0.000000436. The fourth-order valence-corrected chi connectivity index (χ4v) is 1.56. The first kappa shape index (κ1) is 19.5. The summed E-state index contributed by atoms with van der Waals surface area (Å²) >= 11 is 0. The van der Waals surface area contributed by atoms with Crippen molar-refractivity contribution in [3.05, 3.63) is 47.2 Å². The molecule has 0 aromatic carbocycles. The van der Waals surface area contributed by atoms with E-state index in [0.717, 1.165) is 11.5 Å². The Morgan fingerprint density at radius 3 is 2.33 bits per heavy atom. The minimum absolute atomic E-state index is 0. The molecule has 2 unspecified atom stereocenters. The molecule has 0 saturated carbocycles. The van der Waals surface area contributed by atoms with Crippen molar-refractivity contribution in [2.24, 2.45) is 4.99 Å². The number of carbonyl (C=O) groups excluding carboxylic acids is 1. The number of hydrogen-bond donors (Lipinski definition) is 1. The maximum atomic E-state index is 10.0. The van der Waals surface area contributed by atoms with Crippen molar-refractivity contribution >= 4 is 11.6 Å². The quantitative estimate of drug-likeness (QED) is 0.538. The number of pyridine rings is 1. The first-order valence-corrected chi connectivity index (χ1v) is 6.48. The van der Waals surface area contributed by atoms with E-state index in [1.807, 2.05) is 18.2 Å². The van der Waals surface area contributed by atoms with Gasteiger partial charge in [0, 0.05) is 32.4 Å². The Kier molecular flexibility index (Phi) is 8.74. The second-order valence-corrected chi connectivity index (χ2v) is 4.67. The van der Waals surface area contributed by atoms with Crippen LogP contribution in [0.2, 0.25) is 0 Å².